The summed E-state index contributed by atoms with van der Waals surface area (Å²) < 4.78 is 5.49. The fourth-order valence-corrected chi connectivity index (χ4v) is 5.87. The van der Waals surface area contributed by atoms with Gasteiger partial charge in [-0.2, -0.15) is 12.6 Å². The molecule has 1 aromatic carbocycles. The molecule has 1 saturated heterocycles. The Morgan fingerprint density at radius 3 is 2.52 bits per heavy atom. The summed E-state index contributed by atoms with van der Waals surface area (Å²) in [6.07, 6.45) is 2.00. The van der Waals surface area contributed by atoms with Gasteiger partial charge in [0.1, 0.15) is 18.7 Å². The number of hydrogen-bond donors (Lipinski definition) is 4. The number of hydroxylamine groups is 2. The molecule has 0 radical (unpaired) electrons. The monoisotopic (exact) mass is 620 g/mol. The highest BCUT2D eigenvalue weighted by atomic mass is 32.1. The van der Waals surface area contributed by atoms with Gasteiger partial charge in [0.15, 0.2) is 5.69 Å². The van der Waals surface area contributed by atoms with E-state index >= 15 is 0 Å². The summed E-state index contributed by atoms with van der Waals surface area (Å²) in [5.41, 5.74) is 0.788. The molecule has 13 heteroatoms. The maximum absolute atomic E-state index is 13.6. The van der Waals surface area contributed by atoms with Crippen LogP contribution in [0, 0.1) is 11.8 Å². The van der Waals surface area contributed by atoms with Crippen LogP contribution >= 0.6 is 24.0 Å². The van der Waals surface area contributed by atoms with Crippen LogP contribution in [0.3, 0.4) is 0 Å². The zero-order chi connectivity index (χ0) is 30.8. The van der Waals surface area contributed by atoms with Crippen LogP contribution in [0.25, 0.3) is 0 Å². The first kappa shape index (κ1) is 33.3. The number of carboxylic acid groups (broad SMARTS) is 1. The minimum atomic E-state index is -1.11. The predicted octanol–water partition coefficient (Wildman–Crippen LogP) is 4.26. The van der Waals surface area contributed by atoms with Crippen molar-refractivity contribution in [1.29, 1.82) is 0 Å². The first-order valence-electron chi connectivity index (χ1n) is 14.1. The summed E-state index contributed by atoms with van der Waals surface area (Å²) in [5.74, 6) is -2.58. The van der Waals surface area contributed by atoms with Crippen LogP contribution < -0.4 is 5.32 Å². The molecule has 0 spiro atoms. The Morgan fingerprint density at radius 2 is 1.90 bits per heavy atom. The fraction of sp³-hybridized carbons (Fsp3) is 0.552. The Kier molecular flexibility index (Phi) is 12.6. The van der Waals surface area contributed by atoms with E-state index in [9.17, 15) is 24.4 Å². The highest BCUT2D eigenvalue weighted by Gasteiger charge is 2.39. The van der Waals surface area contributed by atoms with E-state index in [1.54, 1.807) is 6.92 Å². The summed E-state index contributed by atoms with van der Waals surface area (Å²) in [4.78, 5) is 56.8. The van der Waals surface area contributed by atoms with Crippen molar-refractivity contribution in [3.05, 3.63) is 52.0 Å². The lowest BCUT2D eigenvalue weighted by atomic mass is 9.95. The van der Waals surface area contributed by atoms with E-state index in [1.807, 2.05) is 44.2 Å². The maximum atomic E-state index is 13.6. The first-order chi connectivity index (χ1) is 20.0. The molecule has 11 nitrogen and oxygen atoms in total. The molecule has 1 aliphatic rings. The van der Waals surface area contributed by atoms with E-state index in [4.69, 9.17) is 9.84 Å². The quantitative estimate of drug-likeness (QED) is 0.147. The number of aromatic nitrogens is 1. The number of rotatable bonds is 13. The SMILES string of the molecule is CC(C)C(CCc1nc(C(=O)O)cs1)N(O)C(=O)[C@@H](NC(=O)[C@H]1CCCCN1C(=O)OCc1ccccc1)[C@@H](C)CS. The molecule has 3 N–H and O–H groups in total. The molecule has 1 aliphatic heterocycles. The normalized spacial score (nSPS) is 17.3. The second-order valence-electron chi connectivity index (χ2n) is 10.9. The van der Waals surface area contributed by atoms with E-state index in [2.05, 4.69) is 22.9 Å². The molecular formula is C29H40N4O7S2. The Labute approximate surface area is 255 Å². The van der Waals surface area contributed by atoms with Crippen LogP contribution in [0.15, 0.2) is 35.7 Å². The molecule has 0 bridgehead atoms. The number of carbonyl (C=O) groups is 4. The smallest absolute Gasteiger partial charge is 0.410 e. The van der Waals surface area contributed by atoms with Crippen LogP contribution in [0.4, 0.5) is 4.79 Å². The summed E-state index contributed by atoms with van der Waals surface area (Å²) in [5, 5.41) is 25.7. The number of nitrogens with zero attached hydrogens (tertiary/aromatic N) is 3. The number of carbonyl (C=O) groups excluding carboxylic acids is 3. The highest BCUT2D eigenvalue weighted by molar-refractivity contribution is 7.80. The lowest BCUT2D eigenvalue weighted by Crippen LogP contribution is -2.59. The number of likely N-dealkylation sites (tertiary alicyclic amines) is 1. The molecule has 1 unspecified atom stereocenters. The van der Waals surface area contributed by atoms with Crippen molar-refractivity contribution in [2.24, 2.45) is 11.8 Å². The van der Waals surface area contributed by atoms with Gasteiger partial charge in [0.25, 0.3) is 5.91 Å². The van der Waals surface area contributed by atoms with Gasteiger partial charge in [-0.1, -0.05) is 51.1 Å². The van der Waals surface area contributed by atoms with Crippen molar-refractivity contribution in [2.75, 3.05) is 12.3 Å². The van der Waals surface area contributed by atoms with Crippen molar-refractivity contribution in [3.63, 3.8) is 0 Å². The van der Waals surface area contributed by atoms with Crippen LogP contribution in [0.2, 0.25) is 0 Å². The molecule has 3 amide bonds. The van der Waals surface area contributed by atoms with Crippen molar-refractivity contribution < 1.29 is 34.2 Å². The van der Waals surface area contributed by atoms with Gasteiger partial charge in [-0.25, -0.2) is 19.6 Å². The number of piperidine rings is 1. The number of aromatic carboxylic acids is 1. The number of nitrogens with one attached hydrogen (secondary N) is 1. The van der Waals surface area contributed by atoms with E-state index in [0.29, 0.717) is 35.9 Å². The molecular weight excluding hydrogens is 580 g/mol. The Bertz CT molecular complexity index is 1210. The number of aryl methyl sites for hydroxylation is 1. The van der Waals surface area contributed by atoms with E-state index in [-0.39, 0.29) is 24.0 Å². The Balaban J connectivity index is 1.69. The predicted molar refractivity (Wildman–Crippen MR) is 161 cm³/mol. The summed E-state index contributed by atoms with van der Waals surface area (Å²) in [7, 11) is 0. The second kappa shape index (κ2) is 15.9. The van der Waals surface area contributed by atoms with Gasteiger partial charge in [0.05, 0.1) is 11.0 Å². The van der Waals surface area contributed by atoms with E-state index in [1.165, 1.54) is 21.6 Å². The van der Waals surface area contributed by atoms with Gasteiger partial charge in [-0.15, -0.1) is 11.3 Å². The van der Waals surface area contributed by atoms with Crippen molar-refractivity contribution in [1.82, 2.24) is 20.3 Å². The van der Waals surface area contributed by atoms with Crippen molar-refractivity contribution in [3.8, 4) is 0 Å². The summed E-state index contributed by atoms with van der Waals surface area (Å²) in [6.45, 7) is 5.92. The third-order valence-electron chi connectivity index (χ3n) is 7.40. The number of thiol groups is 1. The van der Waals surface area contributed by atoms with Gasteiger partial charge >= 0.3 is 12.1 Å². The second-order valence-corrected chi connectivity index (χ2v) is 12.2. The third kappa shape index (κ3) is 8.92. The molecule has 0 saturated carbocycles. The number of amides is 3. The first-order valence-corrected chi connectivity index (χ1v) is 15.6. The van der Waals surface area contributed by atoms with Crippen LogP contribution in [-0.4, -0.2) is 79.6 Å². The molecule has 2 aromatic rings. The van der Waals surface area contributed by atoms with Crippen LogP contribution in [-0.2, 0) is 27.4 Å². The Hall–Kier alpha value is -3.16. The zero-order valence-electron chi connectivity index (χ0n) is 24.1. The largest absolute Gasteiger partial charge is 0.476 e. The number of carboxylic acids is 1. The number of benzene rings is 1. The molecule has 0 aliphatic carbocycles. The van der Waals surface area contributed by atoms with Crippen molar-refractivity contribution in [2.45, 2.75) is 77.6 Å². The molecule has 2 heterocycles. The average Bonchev–Trinajstić information content (AvgIpc) is 3.47. The van der Waals surface area contributed by atoms with Gasteiger partial charge in [0, 0.05) is 18.3 Å². The molecule has 230 valence electrons. The third-order valence-corrected chi connectivity index (χ3v) is 8.88. The van der Waals surface area contributed by atoms with Gasteiger partial charge in [-0.05, 0) is 48.8 Å². The summed E-state index contributed by atoms with van der Waals surface area (Å²) in [6, 6.07) is 6.76. The Morgan fingerprint density at radius 1 is 1.19 bits per heavy atom. The van der Waals surface area contributed by atoms with Crippen LogP contribution in [0.1, 0.15) is 67.5 Å². The average molecular weight is 621 g/mol. The number of hydrogen-bond acceptors (Lipinski definition) is 9. The van der Waals surface area contributed by atoms with E-state index in [0.717, 1.165) is 18.4 Å². The summed E-state index contributed by atoms with van der Waals surface area (Å²) >= 11 is 5.55. The van der Waals surface area contributed by atoms with Crippen LogP contribution in [0.5, 0.6) is 0 Å². The topological polar surface area (TPSA) is 149 Å². The fourth-order valence-electron chi connectivity index (χ4n) is 4.87. The maximum Gasteiger partial charge on any atom is 0.410 e. The molecule has 3 rings (SSSR count). The molecule has 4 atom stereocenters. The van der Waals surface area contributed by atoms with Crippen molar-refractivity contribution >= 4 is 47.8 Å². The minimum absolute atomic E-state index is 0.0425. The standard InChI is InChI=1S/C29H40N4O7S2/c1-18(2)22(12-13-24-30-21(17-42-24)28(36)37)33(39)27(35)25(19(3)16-41)31-26(34)23-11-7-8-14-32(23)29(38)40-15-20-9-5-4-6-10-20/h4-6,9-10,17-19,22-23,25,39,41H,7-8,11-16H2,1-3H3,(H,31,34)(H,36,37)/t19-,22?,23+,25-/m0/s1. The molecule has 1 aromatic heterocycles. The van der Waals surface area contributed by atoms with Gasteiger partial charge in [0.2, 0.25) is 5.91 Å². The lowest BCUT2D eigenvalue weighted by Gasteiger charge is -2.37. The van der Waals surface area contributed by atoms with E-state index < -0.39 is 47.9 Å². The number of ether oxygens (including phenoxy) is 1. The van der Waals surface area contributed by atoms with Gasteiger partial charge < -0.3 is 15.2 Å². The number of thiazole rings is 1. The zero-order valence-corrected chi connectivity index (χ0v) is 25.9. The lowest BCUT2D eigenvalue weighted by molar-refractivity contribution is -0.184. The minimum Gasteiger partial charge on any atom is -0.476 e. The molecule has 1 fully saturated rings. The molecule has 42 heavy (non-hydrogen) atoms. The highest BCUT2D eigenvalue weighted by Crippen LogP contribution is 2.23. The van der Waals surface area contributed by atoms with Gasteiger partial charge in [-0.3, -0.25) is 19.7 Å².